The average Bonchev–Trinajstić information content (AvgIpc) is 2.86. The first-order valence-corrected chi connectivity index (χ1v) is 9.13. The van der Waals surface area contributed by atoms with Crippen LogP contribution in [0.3, 0.4) is 0 Å². The number of piperidine rings is 1. The maximum absolute atomic E-state index is 12.5. The zero-order valence-electron chi connectivity index (χ0n) is 14.4. The zero-order valence-corrected chi connectivity index (χ0v) is 15.1. The minimum absolute atomic E-state index is 0.0722. The van der Waals surface area contributed by atoms with Gasteiger partial charge in [-0.2, -0.15) is 0 Å². The van der Waals surface area contributed by atoms with Gasteiger partial charge in [0.15, 0.2) is 0 Å². The smallest absolute Gasteiger partial charge is 0.233 e. The van der Waals surface area contributed by atoms with E-state index in [1.807, 2.05) is 17.0 Å². The largest absolute Gasteiger partial charge is 0.343 e. The van der Waals surface area contributed by atoms with Gasteiger partial charge in [-0.3, -0.25) is 19.7 Å². The molecular formula is C19H23ClN2O3. The maximum Gasteiger partial charge on any atom is 0.233 e. The van der Waals surface area contributed by atoms with Gasteiger partial charge in [0.25, 0.3) is 0 Å². The fourth-order valence-corrected chi connectivity index (χ4v) is 3.82. The summed E-state index contributed by atoms with van der Waals surface area (Å²) in [6, 6.07) is 7.92. The molecule has 3 amide bonds. The third-order valence-electron chi connectivity index (χ3n) is 5.43. The first-order valence-electron chi connectivity index (χ1n) is 8.75. The van der Waals surface area contributed by atoms with Crippen molar-refractivity contribution in [2.45, 2.75) is 44.9 Å². The van der Waals surface area contributed by atoms with Gasteiger partial charge in [-0.15, -0.1) is 0 Å². The van der Waals surface area contributed by atoms with E-state index in [4.69, 9.17) is 11.6 Å². The average molecular weight is 363 g/mol. The summed E-state index contributed by atoms with van der Waals surface area (Å²) in [5, 5.41) is 3.06. The first-order chi connectivity index (χ1) is 11.9. The highest BCUT2D eigenvalue weighted by Gasteiger charge is 2.42. The molecule has 2 heterocycles. The van der Waals surface area contributed by atoms with Gasteiger partial charge >= 0.3 is 0 Å². The van der Waals surface area contributed by atoms with Crippen LogP contribution in [0.4, 0.5) is 0 Å². The molecule has 3 rings (SSSR count). The summed E-state index contributed by atoms with van der Waals surface area (Å²) in [5.74, 6) is 0.0236. The van der Waals surface area contributed by atoms with E-state index >= 15 is 0 Å². The van der Waals surface area contributed by atoms with Gasteiger partial charge in [0.1, 0.15) is 0 Å². The van der Waals surface area contributed by atoms with Crippen LogP contribution in [0.25, 0.3) is 0 Å². The van der Waals surface area contributed by atoms with Crippen molar-refractivity contribution in [2.75, 3.05) is 13.1 Å². The number of nitrogens with zero attached hydrogens (tertiary/aromatic N) is 1. The van der Waals surface area contributed by atoms with Gasteiger partial charge in [-0.1, -0.05) is 30.7 Å². The molecule has 1 unspecified atom stereocenters. The Morgan fingerprint density at radius 3 is 2.44 bits per heavy atom. The fraction of sp³-hybridized carbons (Fsp3) is 0.526. The van der Waals surface area contributed by atoms with Gasteiger partial charge < -0.3 is 4.90 Å². The number of nitrogens with one attached hydrogen (secondary N) is 1. The number of imide groups is 1. The lowest BCUT2D eigenvalue weighted by atomic mass is 9.83. The molecule has 5 nitrogen and oxygen atoms in total. The van der Waals surface area contributed by atoms with Gasteiger partial charge in [-0.25, -0.2) is 0 Å². The molecule has 2 aliphatic rings. The Hall–Kier alpha value is -1.88. The molecule has 134 valence electrons. The van der Waals surface area contributed by atoms with Crippen LogP contribution < -0.4 is 5.32 Å². The summed E-state index contributed by atoms with van der Waals surface area (Å²) in [4.78, 5) is 37.6. The molecule has 2 aliphatic heterocycles. The van der Waals surface area contributed by atoms with Crippen LogP contribution >= 0.6 is 11.6 Å². The Morgan fingerprint density at radius 1 is 1.24 bits per heavy atom. The van der Waals surface area contributed by atoms with Crippen molar-refractivity contribution in [2.24, 2.45) is 5.41 Å². The number of carbonyl (C=O) groups excluding carboxylic acids is 3. The van der Waals surface area contributed by atoms with Crippen molar-refractivity contribution in [1.29, 1.82) is 0 Å². The van der Waals surface area contributed by atoms with Crippen LogP contribution in [0.2, 0.25) is 5.02 Å². The van der Waals surface area contributed by atoms with E-state index in [1.54, 1.807) is 6.92 Å². The number of hydrogen-bond donors (Lipinski definition) is 1. The molecule has 2 saturated heterocycles. The number of benzene rings is 1. The van der Waals surface area contributed by atoms with E-state index in [-0.39, 0.29) is 24.1 Å². The van der Waals surface area contributed by atoms with E-state index in [1.165, 1.54) is 5.56 Å². The number of halogens is 1. The summed E-state index contributed by atoms with van der Waals surface area (Å²) in [6.07, 6.45) is 2.77. The Bertz CT molecular complexity index is 680. The van der Waals surface area contributed by atoms with Gasteiger partial charge in [-0.05, 0) is 42.9 Å². The van der Waals surface area contributed by atoms with Crippen molar-refractivity contribution >= 4 is 29.3 Å². The number of hydrogen-bond acceptors (Lipinski definition) is 3. The normalized spacial score (nSPS) is 24.5. The lowest BCUT2D eigenvalue weighted by molar-refractivity contribution is -0.133. The SMILES string of the molecule is CC1(CCC(=O)N2CCC(c3ccc(Cl)cc3)CC2)CC(=O)NC1=O. The third-order valence-corrected chi connectivity index (χ3v) is 5.68. The van der Waals surface area contributed by atoms with Crippen molar-refractivity contribution in [3.05, 3.63) is 34.9 Å². The molecule has 1 aromatic rings. The minimum atomic E-state index is -0.742. The highest BCUT2D eigenvalue weighted by atomic mass is 35.5. The zero-order chi connectivity index (χ0) is 18.0. The maximum atomic E-state index is 12.5. The molecule has 2 fully saturated rings. The Balaban J connectivity index is 1.49. The second-order valence-corrected chi connectivity index (χ2v) is 7.76. The van der Waals surface area contributed by atoms with Crippen molar-refractivity contribution in [3.8, 4) is 0 Å². The molecule has 0 radical (unpaired) electrons. The molecule has 0 bridgehead atoms. The number of rotatable bonds is 4. The molecule has 0 aromatic heterocycles. The number of likely N-dealkylation sites (tertiary alicyclic amines) is 1. The summed E-state index contributed by atoms with van der Waals surface area (Å²) < 4.78 is 0. The quantitative estimate of drug-likeness (QED) is 0.837. The molecule has 1 N–H and O–H groups in total. The molecule has 6 heteroatoms. The Morgan fingerprint density at radius 2 is 1.88 bits per heavy atom. The summed E-state index contributed by atoms with van der Waals surface area (Å²) in [6.45, 7) is 3.22. The predicted octanol–water partition coefficient (Wildman–Crippen LogP) is 2.88. The van der Waals surface area contributed by atoms with Crippen molar-refractivity contribution in [3.63, 3.8) is 0 Å². The van der Waals surface area contributed by atoms with Crippen LogP contribution in [0.5, 0.6) is 0 Å². The second-order valence-electron chi connectivity index (χ2n) is 7.32. The van der Waals surface area contributed by atoms with E-state index in [0.717, 1.165) is 31.0 Å². The Kier molecular flexibility index (Phi) is 5.13. The predicted molar refractivity (Wildman–Crippen MR) is 95.1 cm³/mol. The molecule has 1 atom stereocenters. The molecular weight excluding hydrogens is 340 g/mol. The molecule has 1 aromatic carbocycles. The summed E-state index contributed by atoms with van der Waals surface area (Å²) >= 11 is 5.93. The van der Waals surface area contributed by atoms with Crippen LogP contribution in [0.15, 0.2) is 24.3 Å². The first kappa shape index (κ1) is 17.9. The number of carbonyl (C=O) groups is 3. The van der Waals surface area contributed by atoms with E-state index in [9.17, 15) is 14.4 Å². The van der Waals surface area contributed by atoms with E-state index in [0.29, 0.717) is 18.8 Å². The third kappa shape index (κ3) is 4.03. The number of amides is 3. The van der Waals surface area contributed by atoms with Gasteiger partial charge in [0.05, 0.1) is 5.41 Å². The highest BCUT2D eigenvalue weighted by Crippen LogP contribution is 2.33. The topological polar surface area (TPSA) is 66.5 Å². The van der Waals surface area contributed by atoms with Gasteiger partial charge in [0.2, 0.25) is 17.7 Å². The minimum Gasteiger partial charge on any atom is -0.343 e. The fourth-order valence-electron chi connectivity index (χ4n) is 3.70. The second kappa shape index (κ2) is 7.16. The van der Waals surface area contributed by atoms with Crippen LogP contribution in [-0.2, 0) is 14.4 Å². The monoisotopic (exact) mass is 362 g/mol. The highest BCUT2D eigenvalue weighted by molar-refractivity contribution is 6.30. The standard InChI is InChI=1S/C19H23ClN2O3/c1-19(12-16(23)21-18(19)25)9-6-17(24)22-10-7-14(8-11-22)13-2-4-15(20)5-3-13/h2-5,14H,6-12H2,1H3,(H,21,23,25). The van der Waals surface area contributed by atoms with Gasteiger partial charge in [0, 0.05) is 31.0 Å². The van der Waals surface area contributed by atoms with Crippen molar-refractivity contribution in [1.82, 2.24) is 10.2 Å². The lowest BCUT2D eigenvalue weighted by Crippen LogP contribution is -2.39. The summed E-state index contributed by atoms with van der Waals surface area (Å²) in [7, 11) is 0. The molecule has 0 aliphatic carbocycles. The van der Waals surface area contributed by atoms with Crippen LogP contribution in [0.1, 0.15) is 50.5 Å². The Labute approximate surface area is 152 Å². The van der Waals surface area contributed by atoms with E-state index < -0.39 is 5.41 Å². The summed E-state index contributed by atoms with van der Waals surface area (Å²) in [5.41, 5.74) is 0.527. The molecule has 25 heavy (non-hydrogen) atoms. The van der Waals surface area contributed by atoms with Crippen molar-refractivity contribution < 1.29 is 14.4 Å². The molecule has 0 spiro atoms. The lowest BCUT2D eigenvalue weighted by Gasteiger charge is -2.33. The molecule has 0 saturated carbocycles. The van der Waals surface area contributed by atoms with E-state index in [2.05, 4.69) is 17.4 Å². The van der Waals surface area contributed by atoms with Crippen LogP contribution in [0, 0.1) is 5.41 Å². The van der Waals surface area contributed by atoms with Crippen LogP contribution in [-0.4, -0.2) is 35.7 Å².